The van der Waals surface area contributed by atoms with Gasteiger partial charge in [-0.2, -0.15) is 0 Å². The Morgan fingerprint density at radius 3 is 2.64 bits per heavy atom. The first-order valence-electron chi connectivity index (χ1n) is 4.45. The van der Waals surface area contributed by atoms with Crippen molar-refractivity contribution in [2.24, 2.45) is 0 Å². The third-order valence-electron chi connectivity index (χ3n) is 2.36. The van der Waals surface area contributed by atoms with Gasteiger partial charge in [0.2, 0.25) is 0 Å². The van der Waals surface area contributed by atoms with Crippen LogP contribution < -0.4 is 5.32 Å². The van der Waals surface area contributed by atoms with Gasteiger partial charge in [0.05, 0.1) is 5.60 Å². The standard InChI is InChI=1S/C10H11BrFNO/c11-8-1-7(2-9(12)3-8)4-10(14)5-13-6-10/h1-3,13-14H,4-6H2. The number of β-amino-alcohol motifs (C(OH)–C–C–N with tert-alkyl or cyclic N) is 1. The number of aliphatic hydroxyl groups is 1. The van der Waals surface area contributed by atoms with Gasteiger partial charge in [-0.05, 0) is 23.8 Å². The Balaban J connectivity index is 2.16. The molecule has 0 bridgehead atoms. The van der Waals surface area contributed by atoms with Crippen LogP contribution in [0.1, 0.15) is 5.56 Å². The Kier molecular flexibility index (Phi) is 2.60. The Hall–Kier alpha value is -0.450. The number of rotatable bonds is 2. The molecule has 1 aliphatic heterocycles. The quantitative estimate of drug-likeness (QED) is 0.843. The van der Waals surface area contributed by atoms with Gasteiger partial charge in [-0.15, -0.1) is 0 Å². The molecule has 1 fully saturated rings. The highest BCUT2D eigenvalue weighted by Crippen LogP contribution is 2.21. The first-order chi connectivity index (χ1) is 6.57. The molecule has 0 aliphatic carbocycles. The van der Waals surface area contributed by atoms with E-state index in [4.69, 9.17) is 0 Å². The molecule has 1 aliphatic rings. The number of nitrogens with one attached hydrogen (secondary N) is 1. The van der Waals surface area contributed by atoms with Gasteiger partial charge in [-0.3, -0.25) is 0 Å². The summed E-state index contributed by atoms with van der Waals surface area (Å²) in [5.41, 5.74) is 0.133. The maximum atomic E-state index is 13.0. The van der Waals surface area contributed by atoms with Crippen molar-refractivity contribution in [3.05, 3.63) is 34.1 Å². The summed E-state index contributed by atoms with van der Waals surface area (Å²) >= 11 is 3.22. The number of benzene rings is 1. The molecule has 0 spiro atoms. The van der Waals surface area contributed by atoms with Crippen LogP contribution in [0.4, 0.5) is 4.39 Å². The van der Waals surface area contributed by atoms with Gasteiger partial charge in [-0.1, -0.05) is 15.9 Å². The molecule has 76 valence electrons. The molecule has 0 amide bonds. The van der Waals surface area contributed by atoms with Gasteiger partial charge in [0.15, 0.2) is 0 Å². The fraction of sp³-hybridized carbons (Fsp3) is 0.400. The molecule has 0 saturated carbocycles. The van der Waals surface area contributed by atoms with Gasteiger partial charge in [-0.25, -0.2) is 4.39 Å². The Bertz CT molecular complexity index is 332. The molecular weight excluding hydrogens is 249 g/mol. The van der Waals surface area contributed by atoms with Gasteiger partial charge < -0.3 is 10.4 Å². The van der Waals surface area contributed by atoms with Crippen LogP contribution >= 0.6 is 15.9 Å². The summed E-state index contributed by atoms with van der Waals surface area (Å²) in [4.78, 5) is 0. The molecular formula is C10H11BrFNO. The van der Waals surface area contributed by atoms with Crippen LogP contribution in [-0.4, -0.2) is 23.8 Å². The van der Waals surface area contributed by atoms with Crippen molar-refractivity contribution in [3.8, 4) is 0 Å². The summed E-state index contributed by atoms with van der Waals surface area (Å²) in [5, 5.41) is 12.8. The first kappa shape index (κ1) is 10.1. The molecule has 4 heteroatoms. The minimum atomic E-state index is -0.687. The summed E-state index contributed by atoms with van der Waals surface area (Å²) < 4.78 is 13.7. The summed E-state index contributed by atoms with van der Waals surface area (Å²) in [7, 11) is 0. The lowest BCUT2D eigenvalue weighted by molar-refractivity contribution is -0.00906. The smallest absolute Gasteiger partial charge is 0.124 e. The van der Waals surface area contributed by atoms with Crippen LogP contribution in [0.2, 0.25) is 0 Å². The number of hydrogen-bond donors (Lipinski definition) is 2. The highest BCUT2D eigenvalue weighted by molar-refractivity contribution is 9.10. The van der Waals surface area contributed by atoms with E-state index in [1.165, 1.54) is 12.1 Å². The third-order valence-corrected chi connectivity index (χ3v) is 2.82. The molecule has 14 heavy (non-hydrogen) atoms. The Morgan fingerprint density at radius 2 is 2.14 bits per heavy atom. The second-order valence-electron chi connectivity index (χ2n) is 3.78. The van der Waals surface area contributed by atoms with Crippen LogP contribution in [0.5, 0.6) is 0 Å². The van der Waals surface area contributed by atoms with E-state index in [9.17, 15) is 9.50 Å². The molecule has 0 aromatic heterocycles. The minimum absolute atomic E-state index is 0.273. The predicted molar refractivity (Wildman–Crippen MR) is 55.6 cm³/mol. The van der Waals surface area contributed by atoms with E-state index >= 15 is 0 Å². The summed E-state index contributed by atoms with van der Waals surface area (Å²) in [6.07, 6.45) is 0.496. The van der Waals surface area contributed by atoms with E-state index in [0.29, 0.717) is 24.0 Å². The molecule has 2 rings (SSSR count). The van der Waals surface area contributed by atoms with E-state index in [0.717, 1.165) is 5.56 Å². The molecule has 0 radical (unpaired) electrons. The molecule has 1 heterocycles. The molecule has 1 aromatic carbocycles. The topological polar surface area (TPSA) is 32.3 Å². The average molecular weight is 260 g/mol. The maximum Gasteiger partial charge on any atom is 0.124 e. The lowest BCUT2D eigenvalue weighted by Gasteiger charge is -2.37. The molecule has 0 unspecified atom stereocenters. The fourth-order valence-electron chi connectivity index (χ4n) is 1.63. The lowest BCUT2D eigenvalue weighted by atomic mass is 9.89. The predicted octanol–water partition coefficient (Wildman–Crippen LogP) is 1.46. The van der Waals surface area contributed by atoms with Crippen LogP contribution in [0.15, 0.2) is 22.7 Å². The SMILES string of the molecule is OC1(Cc2cc(F)cc(Br)c2)CNC1. The summed E-state index contributed by atoms with van der Waals surface area (Å²) in [6.45, 7) is 1.17. The zero-order valence-electron chi connectivity index (χ0n) is 7.56. The van der Waals surface area contributed by atoms with Crippen molar-refractivity contribution in [3.63, 3.8) is 0 Å². The third kappa shape index (κ3) is 2.13. The van der Waals surface area contributed by atoms with E-state index < -0.39 is 5.60 Å². The highest BCUT2D eigenvalue weighted by Gasteiger charge is 2.34. The van der Waals surface area contributed by atoms with Crippen molar-refractivity contribution in [1.29, 1.82) is 0 Å². The molecule has 0 atom stereocenters. The molecule has 1 saturated heterocycles. The van der Waals surface area contributed by atoms with Crippen LogP contribution in [0.3, 0.4) is 0 Å². The monoisotopic (exact) mass is 259 g/mol. The molecule has 2 N–H and O–H groups in total. The zero-order valence-corrected chi connectivity index (χ0v) is 9.14. The normalized spacial score (nSPS) is 19.1. The molecule has 2 nitrogen and oxygen atoms in total. The largest absolute Gasteiger partial charge is 0.387 e. The number of hydrogen-bond acceptors (Lipinski definition) is 2. The van der Waals surface area contributed by atoms with Crippen molar-refractivity contribution in [2.45, 2.75) is 12.0 Å². The van der Waals surface area contributed by atoms with E-state index in [-0.39, 0.29) is 5.82 Å². The Morgan fingerprint density at radius 1 is 1.43 bits per heavy atom. The van der Waals surface area contributed by atoms with Crippen molar-refractivity contribution >= 4 is 15.9 Å². The van der Waals surface area contributed by atoms with Crippen LogP contribution in [-0.2, 0) is 6.42 Å². The van der Waals surface area contributed by atoms with E-state index in [2.05, 4.69) is 21.2 Å². The zero-order chi connectivity index (χ0) is 10.2. The second-order valence-corrected chi connectivity index (χ2v) is 4.70. The van der Waals surface area contributed by atoms with Crippen LogP contribution in [0.25, 0.3) is 0 Å². The van der Waals surface area contributed by atoms with Gasteiger partial charge >= 0.3 is 0 Å². The van der Waals surface area contributed by atoms with E-state index in [1.807, 2.05) is 6.07 Å². The van der Waals surface area contributed by atoms with Gasteiger partial charge in [0, 0.05) is 24.0 Å². The van der Waals surface area contributed by atoms with Crippen molar-refractivity contribution in [1.82, 2.24) is 5.32 Å². The van der Waals surface area contributed by atoms with Gasteiger partial charge in [0.1, 0.15) is 5.82 Å². The van der Waals surface area contributed by atoms with Gasteiger partial charge in [0.25, 0.3) is 0 Å². The average Bonchev–Trinajstić information content (AvgIpc) is 1.99. The second kappa shape index (κ2) is 3.61. The number of halogens is 2. The Labute approximate surface area is 90.3 Å². The summed E-state index contributed by atoms with van der Waals surface area (Å²) in [5.74, 6) is -0.273. The minimum Gasteiger partial charge on any atom is -0.387 e. The summed E-state index contributed by atoms with van der Waals surface area (Å²) in [6, 6.07) is 4.70. The highest BCUT2D eigenvalue weighted by atomic mass is 79.9. The van der Waals surface area contributed by atoms with Crippen LogP contribution in [0, 0.1) is 5.82 Å². The van der Waals surface area contributed by atoms with Crippen molar-refractivity contribution in [2.75, 3.05) is 13.1 Å². The first-order valence-corrected chi connectivity index (χ1v) is 5.25. The fourth-order valence-corrected chi connectivity index (χ4v) is 2.14. The molecule has 1 aromatic rings. The van der Waals surface area contributed by atoms with E-state index in [1.54, 1.807) is 0 Å². The maximum absolute atomic E-state index is 13.0. The van der Waals surface area contributed by atoms with Crippen molar-refractivity contribution < 1.29 is 9.50 Å². The lowest BCUT2D eigenvalue weighted by Crippen LogP contribution is -2.60.